The fraction of sp³-hybridized carbons (Fsp3) is 0.357. The zero-order valence-electron chi connectivity index (χ0n) is 10.7. The number of nitrogens with zero attached hydrogens (tertiary/aromatic N) is 4. The molecule has 3 rings (SSSR count). The summed E-state index contributed by atoms with van der Waals surface area (Å²) in [6.07, 6.45) is 5.73. The molecule has 2 aromatic rings. The van der Waals surface area contributed by atoms with Gasteiger partial charge < -0.3 is 10.6 Å². The Hall–Kier alpha value is -2.01. The minimum Gasteiger partial charge on any atom is -0.354 e. The molecule has 0 bridgehead atoms. The molecule has 5 nitrogen and oxygen atoms in total. The van der Waals surface area contributed by atoms with E-state index in [9.17, 15) is 0 Å². The highest BCUT2D eigenvalue weighted by atomic mass is 15.3. The van der Waals surface area contributed by atoms with Crippen molar-refractivity contribution in [3.63, 3.8) is 0 Å². The van der Waals surface area contributed by atoms with Crippen LogP contribution in [0.1, 0.15) is 12.8 Å². The van der Waals surface area contributed by atoms with Gasteiger partial charge in [-0.2, -0.15) is 0 Å². The molecule has 0 saturated carbocycles. The van der Waals surface area contributed by atoms with Crippen molar-refractivity contribution in [3.05, 3.63) is 36.7 Å². The van der Waals surface area contributed by atoms with Gasteiger partial charge in [0.2, 0.25) is 0 Å². The molecule has 0 spiro atoms. The minimum atomic E-state index is 0.246. The van der Waals surface area contributed by atoms with Gasteiger partial charge in [-0.1, -0.05) is 0 Å². The van der Waals surface area contributed by atoms with Crippen molar-refractivity contribution in [3.8, 4) is 11.3 Å². The molecule has 2 aromatic heterocycles. The summed E-state index contributed by atoms with van der Waals surface area (Å²) >= 11 is 0. The van der Waals surface area contributed by atoms with Crippen LogP contribution < -0.4 is 10.6 Å². The molecule has 5 heteroatoms. The van der Waals surface area contributed by atoms with Crippen LogP contribution in [0, 0.1) is 0 Å². The summed E-state index contributed by atoms with van der Waals surface area (Å²) in [5, 5.41) is 8.60. The van der Waals surface area contributed by atoms with E-state index in [1.807, 2.05) is 24.3 Å². The summed E-state index contributed by atoms with van der Waals surface area (Å²) in [4.78, 5) is 6.21. The maximum absolute atomic E-state index is 5.99. The third-order valence-electron chi connectivity index (χ3n) is 3.41. The molecule has 19 heavy (non-hydrogen) atoms. The van der Waals surface area contributed by atoms with Crippen molar-refractivity contribution in [1.82, 2.24) is 15.2 Å². The zero-order chi connectivity index (χ0) is 13.1. The van der Waals surface area contributed by atoms with Crippen molar-refractivity contribution in [2.24, 2.45) is 5.73 Å². The smallest absolute Gasteiger partial charge is 0.151 e. The van der Waals surface area contributed by atoms with Crippen LogP contribution in [0.4, 0.5) is 5.82 Å². The van der Waals surface area contributed by atoms with E-state index in [0.29, 0.717) is 0 Å². The molecule has 0 radical (unpaired) electrons. The number of anilines is 1. The first-order valence-electron chi connectivity index (χ1n) is 6.57. The van der Waals surface area contributed by atoms with E-state index in [4.69, 9.17) is 5.73 Å². The summed E-state index contributed by atoms with van der Waals surface area (Å²) < 4.78 is 0. The summed E-state index contributed by atoms with van der Waals surface area (Å²) in [7, 11) is 0. The molecule has 1 saturated heterocycles. The second-order valence-electron chi connectivity index (χ2n) is 4.86. The quantitative estimate of drug-likeness (QED) is 0.880. The molecule has 0 aliphatic carbocycles. The lowest BCUT2D eigenvalue weighted by Crippen LogP contribution is -2.43. The normalized spacial score (nSPS) is 19.4. The lowest BCUT2D eigenvalue weighted by atomic mass is 10.1. The van der Waals surface area contributed by atoms with Crippen LogP contribution in [-0.4, -0.2) is 34.3 Å². The predicted molar refractivity (Wildman–Crippen MR) is 74.7 cm³/mol. The lowest BCUT2D eigenvalue weighted by Gasteiger charge is -2.31. The topological polar surface area (TPSA) is 67.9 Å². The minimum absolute atomic E-state index is 0.246. The maximum Gasteiger partial charge on any atom is 0.151 e. The first-order chi connectivity index (χ1) is 9.33. The number of aromatic nitrogens is 3. The molecular weight excluding hydrogens is 238 g/mol. The van der Waals surface area contributed by atoms with E-state index in [1.165, 1.54) is 0 Å². The number of hydrogen-bond acceptors (Lipinski definition) is 5. The van der Waals surface area contributed by atoms with Gasteiger partial charge in [0.15, 0.2) is 5.82 Å². The van der Waals surface area contributed by atoms with Gasteiger partial charge in [-0.25, -0.2) is 0 Å². The summed E-state index contributed by atoms with van der Waals surface area (Å²) in [5.41, 5.74) is 7.89. The Kier molecular flexibility index (Phi) is 3.37. The van der Waals surface area contributed by atoms with E-state index in [1.54, 1.807) is 12.4 Å². The van der Waals surface area contributed by atoms with Gasteiger partial charge in [0.05, 0.1) is 5.69 Å². The van der Waals surface area contributed by atoms with Crippen molar-refractivity contribution in [2.75, 3.05) is 18.0 Å². The first-order valence-corrected chi connectivity index (χ1v) is 6.57. The maximum atomic E-state index is 5.99. The van der Waals surface area contributed by atoms with E-state index < -0.39 is 0 Å². The second-order valence-corrected chi connectivity index (χ2v) is 4.86. The average molecular weight is 255 g/mol. The number of piperidine rings is 1. The average Bonchev–Trinajstić information content (AvgIpc) is 2.48. The Balaban J connectivity index is 1.79. The highest BCUT2D eigenvalue weighted by Gasteiger charge is 2.18. The Morgan fingerprint density at radius 2 is 1.95 bits per heavy atom. The molecule has 1 fully saturated rings. The van der Waals surface area contributed by atoms with Gasteiger partial charge in [0.25, 0.3) is 0 Å². The predicted octanol–water partition coefficient (Wildman–Crippen LogP) is 1.47. The van der Waals surface area contributed by atoms with Crippen LogP contribution in [-0.2, 0) is 0 Å². The summed E-state index contributed by atoms with van der Waals surface area (Å²) in [6, 6.07) is 8.12. The van der Waals surface area contributed by atoms with Gasteiger partial charge in [-0.3, -0.25) is 4.98 Å². The van der Waals surface area contributed by atoms with E-state index in [2.05, 4.69) is 20.1 Å². The number of nitrogens with two attached hydrogens (primary N) is 1. The monoisotopic (exact) mass is 255 g/mol. The molecule has 0 amide bonds. The molecule has 1 aliphatic heterocycles. The second kappa shape index (κ2) is 5.32. The van der Waals surface area contributed by atoms with Gasteiger partial charge in [-0.15, -0.1) is 10.2 Å². The molecule has 2 N–H and O–H groups in total. The van der Waals surface area contributed by atoms with E-state index >= 15 is 0 Å². The standard InChI is InChI=1S/C14H17N5/c15-12-2-1-9-19(10-12)14-4-3-13(17-18-14)11-5-7-16-8-6-11/h3-8,12H,1-2,9-10,15H2. The molecule has 98 valence electrons. The van der Waals surface area contributed by atoms with Crippen LogP contribution in [0.3, 0.4) is 0 Å². The Labute approximate surface area is 112 Å². The fourth-order valence-corrected chi connectivity index (χ4v) is 2.39. The van der Waals surface area contributed by atoms with E-state index in [-0.39, 0.29) is 6.04 Å². The highest BCUT2D eigenvalue weighted by molar-refractivity contribution is 5.58. The van der Waals surface area contributed by atoms with Gasteiger partial charge in [0, 0.05) is 37.1 Å². The number of pyridine rings is 1. The Bertz CT molecular complexity index is 525. The number of hydrogen-bond donors (Lipinski definition) is 1. The van der Waals surface area contributed by atoms with Crippen LogP contribution in [0.15, 0.2) is 36.7 Å². The lowest BCUT2D eigenvalue weighted by molar-refractivity contribution is 0.502. The molecular formula is C14H17N5. The van der Waals surface area contributed by atoms with Crippen LogP contribution in [0.5, 0.6) is 0 Å². The molecule has 0 aromatic carbocycles. The third-order valence-corrected chi connectivity index (χ3v) is 3.41. The largest absolute Gasteiger partial charge is 0.354 e. The van der Waals surface area contributed by atoms with Crippen molar-refractivity contribution in [2.45, 2.75) is 18.9 Å². The molecule has 1 atom stereocenters. The first kappa shape index (κ1) is 12.0. The molecule has 1 unspecified atom stereocenters. The van der Waals surface area contributed by atoms with Crippen LogP contribution >= 0.6 is 0 Å². The SMILES string of the molecule is NC1CCCN(c2ccc(-c3ccncc3)nn2)C1. The Morgan fingerprint density at radius 3 is 2.63 bits per heavy atom. The van der Waals surface area contributed by atoms with Crippen molar-refractivity contribution in [1.29, 1.82) is 0 Å². The summed E-state index contributed by atoms with van der Waals surface area (Å²) in [5.74, 6) is 0.910. The zero-order valence-corrected chi connectivity index (χ0v) is 10.7. The molecule has 3 heterocycles. The van der Waals surface area contributed by atoms with E-state index in [0.717, 1.165) is 43.0 Å². The van der Waals surface area contributed by atoms with Crippen molar-refractivity contribution >= 4 is 5.82 Å². The summed E-state index contributed by atoms with van der Waals surface area (Å²) in [6.45, 7) is 1.88. The highest BCUT2D eigenvalue weighted by Crippen LogP contribution is 2.19. The van der Waals surface area contributed by atoms with Crippen LogP contribution in [0.25, 0.3) is 11.3 Å². The molecule has 1 aliphatic rings. The van der Waals surface area contributed by atoms with Gasteiger partial charge in [-0.05, 0) is 37.1 Å². The third kappa shape index (κ3) is 2.71. The Morgan fingerprint density at radius 1 is 1.11 bits per heavy atom. The van der Waals surface area contributed by atoms with Crippen LogP contribution in [0.2, 0.25) is 0 Å². The van der Waals surface area contributed by atoms with Gasteiger partial charge >= 0.3 is 0 Å². The fourth-order valence-electron chi connectivity index (χ4n) is 2.39. The van der Waals surface area contributed by atoms with Crippen molar-refractivity contribution < 1.29 is 0 Å². The number of rotatable bonds is 2. The van der Waals surface area contributed by atoms with Gasteiger partial charge in [0.1, 0.15) is 0 Å².